The van der Waals surface area contributed by atoms with Crippen molar-refractivity contribution < 1.29 is 4.79 Å². The standard InChI is InChI=1S/C19H22N6OS/c1-21-15(13-5-3-2-4-6-13)18(26)25-10-8-24(9-11-25)16-14-7-12-27-17(14)23-19(20)22-16/h2-7,12,15,21H,8-11H2,1H3,(H2,20,22,23). The predicted molar refractivity (Wildman–Crippen MR) is 109 cm³/mol. The lowest BCUT2D eigenvalue weighted by atomic mass is 10.1. The molecule has 1 amide bonds. The van der Waals surface area contributed by atoms with Gasteiger partial charge in [-0.2, -0.15) is 4.98 Å². The van der Waals surface area contributed by atoms with Gasteiger partial charge in [0.1, 0.15) is 16.7 Å². The summed E-state index contributed by atoms with van der Waals surface area (Å²) in [5, 5.41) is 6.17. The fourth-order valence-electron chi connectivity index (χ4n) is 3.50. The van der Waals surface area contributed by atoms with Crippen molar-refractivity contribution in [1.82, 2.24) is 20.2 Å². The van der Waals surface area contributed by atoms with Gasteiger partial charge in [0.2, 0.25) is 11.9 Å². The molecule has 1 atom stereocenters. The quantitative estimate of drug-likeness (QED) is 0.716. The summed E-state index contributed by atoms with van der Waals surface area (Å²) in [5.41, 5.74) is 6.86. The smallest absolute Gasteiger partial charge is 0.244 e. The number of benzene rings is 1. The van der Waals surface area contributed by atoms with Crippen molar-refractivity contribution in [2.45, 2.75) is 6.04 Å². The molecule has 3 heterocycles. The highest BCUT2D eigenvalue weighted by Gasteiger charge is 2.28. The van der Waals surface area contributed by atoms with E-state index in [-0.39, 0.29) is 17.9 Å². The molecule has 3 N–H and O–H groups in total. The van der Waals surface area contributed by atoms with E-state index in [1.807, 2.05) is 53.7 Å². The summed E-state index contributed by atoms with van der Waals surface area (Å²) in [5.74, 6) is 1.25. The van der Waals surface area contributed by atoms with Crippen LogP contribution in [0.25, 0.3) is 10.2 Å². The van der Waals surface area contributed by atoms with Gasteiger partial charge in [0.05, 0.1) is 5.39 Å². The number of nitrogens with two attached hydrogens (primary N) is 1. The van der Waals surface area contributed by atoms with Crippen LogP contribution < -0.4 is 16.0 Å². The molecular formula is C19H22N6OS. The number of hydrogen-bond donors (Lipinski definition) is 2. The van der Waals surface area contributed by atoms with Crippen LogP contribution in [-0.2, 0) is 4.79 Å². The van der Waals surface area contributed by atoms with E-state index in [4.69, 9.17) is 5.73 Å². The Kier molecular flexibility index (Phi) is 4.91. The zero-order valence-electron chi connectivity index (χ0n) is 15.1. The van der Waals surface area contributed by atoms with Crippen molar-refractivity contribution in [3.8, 4) is 0 Å². The first-order valence-electron chi connectivity index (χ1n) is 8.94. The normalized spacial score (nSPS) is 15.9. The summed E-state index contributed by atoms with van der Waals surface area (Å²) in [6, 6.07) is 11.5. The molecule has 0 spiro atoms. The second-order valence-electron chi connectivity index (χ2n) is 6.49. The Bertz CT molecular complexity index is 936. The molecule has 0 aliphatic carbocycles. The summed E-state index contributed by atoms with van der Waals surface area (Å²) in [6.45, 7) is 2.75. The average molecular weight is 382 g/mol. The summed E-state index contributed by atoms with van der Waals surface area (Å²) >= 11 is 1.56. The Morgan fingerprint density at radius 1 is 1.15 bits per heavy atom. The van der Waals surface area contributed by atoms with E-state index in [9.17, 15) is 4.79 Å². The zero-order chi connectivity index (χ0) is 18.8. The number of nitrogen functional groups attached to an aromatic ring is 1. The second-order valence-corrected chi connectivity index (χ2v) is 7.38. The SMILES string of the molecule is CNC(C(=O)N1CCN(c2nc(N)nc3sccc23)CC1)c1ccccc1. The molecule has 140 valence electrons. The van der Waals surface area contributed by atoms with Crippen molar-refractivity contribution in [2.75, 3.05) is 43.9 Å². The number of anilines is 2. The lowest BCUT2D eigenvalue weighted by Crippen LogP contribution is -2.51. The minimum atomic E-state index is -0.323. The largest absolute Gasteiger partial charge is 0.368 e. The van der Waals surface area contributed by atoms with E-state index in [1.165, 1.54) is 0 Å². The number of fused-ring (bicyclic) bond motifs is 1. The van der Waals surface area contributed by atoms with Gasteiger partial charge in [-0.1, -0.05) is 30.3 Å². The van der Waals surface area contributed by atoms with E-state index < -0.39 is 0 Å². The van der Waals surface area contributed by atoms with E-state index in [0.29, 0.717) is 13.1 Å². The molecule has 1 aliphatic rings. The molecule has 1 fully saturated rings. The van der Waals surface area contributed by atoms with E-state index in [2.05, 4.69) is 20.2 Å². The summed E-state index contributed by atoms with van der Waals surface area (Å²) < 4.78 is 0. The van der Waals surface area contributed by atoms with Gasteiger partial charge in [0.15, 0.2) is 0 Å². The fraction of sp³-hybridized carbons (Fsp3) is 0.316. The van der Waals surface area contributed by atoms with Crippen LogP contribution >= 0.6 is 11.3 Å². The average Bonchev–Trinajstić information content (AvgIpc) is 3.17. The Morgan fingerprint density at radius 2 is 1.89 bits per heavy atom. The maximum Gasteiger partial charge on any atom is 0.244 e. The molecule has 3 aromatic rings. The fourth-order valence-corrected chi connectivity index (χ4v) is 4.26. The summed E-state index contributed by atoms with van der Waals surface area (Å²) in [7, 11) is 1.82. The second kappa shape index (κ2) is 7.50. The van der Waals surface area contributed by atoms with E-state index in [1.54, 1.807) is 11.3 Å². The van der Waals surface area contributed by atoms with Crippen molar-refractivity contribution in [1.29, 1.82) is 0 Å². The van der Waals surface area contributed by atoms with E-state index in [0.717, 1.165) is 34.7 Å². The number of carbonyl (C=O) groups is 1. The first-order chi connectivity index (χ1) is 13.2. The van der Waals surface area contributed by atoms with Crippen LogP contribution in [0.5, 0.6) is 0 Å². The minimum Gasteiger partial charge on any atom is -0.368 e. The molecule has 27 heavy (non-hydrogen) atoms. The van der Waals surface area contributed by atoms with Gasteiger partial charge in [0.25, 0.3) is 0 Å². The number of thiophene rings is 1. The number of rotatable bonds is 4. The monoisotopic (exact) mass is 382 g/mol. The van der Waals surface area contributed by atoms with Crippen molar-refractivity contribution in [2.24, 2.45) is 0 Å². The highest BCUT2D eigenvalue weighted by Crippen LogP contribution is 2.29. The molecule has 0 saturated carbocycles. The van der Waals surface area contributed by atoms with Crippen LogP contribution in [-0.4, -0.2) is 54.0 Å². The molecule has 1 saturated heterocycles. The highest BCUT2D eigenvalue weighted by atomic mass is 32.1. The molecule has 4 rings (SSSR count). The molecule has 0 bridgehead atoms. The maximum atomic E-state index is 13.0. The molecule has 1 aromatic carbocycles. The van der Waals surface area contributed by atoms with Crippen LogP contribution in [0, 0.1) is 0 Å². The third-order valence-corrected chi connectivity index (χ3v) is 5.69. The van der Waals surface area contributed by atoms with Crippen LogP contribution in [0.3, 0.4) is 0 Å². The number of amides is 1. The topological polar surface area (TPSA) is 87.4 Å². The van der Waals surface area contributed by atoms with Gasteiger partial charge >= 0.3 is 0 Å². The third-order valence-electron chi connectivity index (χ3n) is 4.88. The van der Waals surface area contributed by atoms with Crippen LogP contribution in [0.2, 0.25) is 0 Å². The predicted octanol–water partition coefficient (Wildman–Crippen LogP) is 1.88. The molecule has 1 aliphatic heterocycles. The number of nitrogens with one attached hydrogen (secondary N) is 1. The van der Waals surface area contributed by atoms with Gasteiger partial charge in [-0.25, -0.2) is 4.98 Å². The first kappa shape index (κ1) is 17.7. The molecule has 1 unspecified atom stereocenters. The Balaban J connectivity index is 1.48. The first-order valence-corrected chi connectivity index (χ1v) is 9.82. The summed E-state index contributed by atoms with van der Waals surface area (Å²) in [4.78, 5) is 26.7. The van der Waals surface area contributed by atoms with Crippen LogP contribution in [0.1, 0.15) is 11.6 Å². The Hall–Kier alpha value is -2.71. The number of aromatic nitrogens is 2. The Morgan fingerprint density at radius 3 is 2.59 bits per heavy atom. The number of likely N-dealkylation sites (N-methyl/N-ethyl adjacent to an activating group) is 1. The highest BCUT2D eigenvalue weighted by molar-refractivity contribution is 7.16. The van der Waals surface area contributed by atoms with Crippen molar-refractivity contribution in [3.05, 3.63) is 47.3 Å². The van der Waals surface area contributed by atoms with Gasteiger partial charge < -0.3 is 20.9 Å². The lowest BCUT2D eigenvalue weighted by Gasteiger charge is -2.37. The minimum absolute atomic E-state index is 0.103. The van der Waals surface area contributed by atoms with Crippen molar-refractivity contribution in [3.63, 3.8) is 0 Å². The molecule has 7 nitrogen and oxygen atoms in total. The molecular weight excluding hydrogens is 360 g/mol. The van der Waals surface area contributed by atoms with E-state index >= 15 is 0 Å². The number of nitrogens with zero attached hydrogens (tertiary/aromatic N) is 4. The molecule has 0 radical (unpaired) electrons. The number of carbonyl (C=O) groups excluding carboxylic acids is 1. The van der Waals surface area contributed by atoms with Gasteiger partial charge in [-0.15, -0.1) is 11.3 Å². The van der Waals surface area contributed by atoms with Crippen LogP contribution in [0.15, 0.2) is 41.8 Å². The third kappa shape index (κ3) is 3.45. The maximum absolute atomic E-state index is 13.0. The molecule has 2 aromatic heterocycles. The lowest BCUT2D eigenvalue weighted by molar-refractivity contribution is -0.133. The van der Waals surface area contributed by atoms with Crippen LogP contribution in [0.4, 0.5) is 11.8 Å². The van der Waals surface area contributed by atoms with Crippen molar-refractivity contribution >= 4 is 39.2 Å². The number of piperazine rings is 1. The zero-order valence-corrected chi connectivity index (χ0v) is 15.9. The van der Waals surface area contributed by atoms with Gasteiger partial charge in [-0.3, -0.25) is 4.79 Å². The van der Waals surface area contributed by atoms with Gasteiger partial charge in [0, 0.05) is 26.2 Å². The molecule has 8 heteroatoms. The Labute approximate surface area is 161 Å². The summed E-state index contributed by atoms with van der Waals surface area (Å²) in [6.07, 6.45) is 0. The number of hydrogen-bond acceptors (Lipinski definition) is 7. The van der Waals surface area contributed by atoms with Gasteiger partial charge in [-0.05, 0) is 24.1 Å².